The molecule has 16 heavy (non-hydrogen) atoms. The van der Waals surface area contributed by atoms with E-state index in [1.165, 1.54) is 0 Å². The molecule has 3 nitrogen and oxygen atoms in total. The normalized spacial score (nSPS) is 11.2. The molecule has 84 valence electrons. The first kappa shape index (κ1) is 10.9. The van der Waals surface area contributed by atoms with E-state index in [4.69, 9.17) is 4.74 Å². The molecule has 3 heteroatoms. The maximum Gasteiger partial charge on any atom is 0.253 e. The number of pyridine rings is 1. The van der Waals surface area contributed by atoms with E-state index in [0.717, 1.165) is 10.9 Å². The lowest BCUT2D eigenvalue weighted by Gasteiger charge is -2.07. The van der Waals surface area contributed by atoms with Gasteiger partial charge in [0.15, 0.2) is 0 Å². The number of aromatic nitrogens is 1. The van der Waals surface area contributed by atoms with Crippen LogP contribution in [0.3, 0.4) is 0 Å². The lowest BCUT2D eigenvalue weighted by molar-refractivity contribution is 0.0651. The van der Waals surface area contributed by atoms with Crippen LogP contribution in [0.5, 0.6) is 0 Å². The third kappa shape index (κ3) is 2.31. The minimum atomic E-state index is -0.0700. The Hall–Kier alpha value is -1.61. The summed E-state index contributed by atoms with van der Waals surface area (Å²) in [6.45, 7) is 4.27. The molecule has 0 aliphatic carbocycles. The predicted molar refractivity (Wildman–Crippen MR) is 64.5 cm³/mol. The first-order valence-electron chi connectivity index (χ1n) is 5.39. The van der Waals surface area contributed by atoms with Crippen LogP contribution in [0.25, 0.3) is 10.9 Å². The number of nitrogens with one attached hydrogen (secondary N) is 1. The molecule has 2 rings (SSSR count). The summed E-state index contributed by atoms with van der Waals surface area (Å²) in [6, 6.07) is 9.61. The fourth-order valence-corrected chi connectivity index (χ4v) is 1.56. The van der Waals surface area contributed by atoms with E-state index in [1.807, 2.05) is 44.2 Å². The summed E-state index contributed by atoms with van der Waals surface area (Å²) in [6.07, 6.45) is 0.130. The number of H-pyrrole nitrogens is 1. The van der Waals surface area contributed by atoms with Gasteiger partial charge in [-0.1, -0.05) is 18.2 Å². The average Bonchev–Trinajstić information content (AvgIpc) is 2.26. The van der Waals surface area contributed by atoms with Crippen LogP contribution in [0, 0.1) is 0 Å². The molecule has 1 heterocycles. The molecule has 1 N–H and O–H groups in total. The summed E-state index contributed by atoms with van der Waals surface area (Å²) in [5, 5.41) is 1.03. The summed E-state index contributed by atoms with van der Waals surface area (Å²) >= 11 is 0. The lowest BCUT2D eigenvalue weighted by atomic mass is 10.1. The van der Waals surface area contributed by atoms with Crippen molar-refractivity contribution >= 4 is 10.9 Å². The van der Waals surface area contributed by atoms with Gasteiger partial charge in [0.25, 0.3) is 5.56 Å². The highest BCUT2D eigenvalue weighted by molar-refractivity contribution is 5.78. The van der Waals surface area contributed by atoms with Crippen LogP contribution in [0.4, 0.5) is 0 Å². The average molecular weight is 217 g/mol. The standard InChI is InChI=1S/C13H15NO2/c1-9(2)16-8-11-7-10-5-3-4-6-12(10)14-13(11)15/h3-7,9H,8H2,1-2H3,(H,14,15). The molecule has 1 aromatic heterocycles. The molecule has 0 aliphatic rings. The van der Waals surface area contributed by atoms with E-state index < -0.39 is 0 Å². The molecular formula is C13H15NO2. The number of para-hydroxylation sites is 1. The Morgan fingerprint density at radius 3 is 2.81 bits per heavy atom. The molecule has 0 fully saturated rings. The van der Waals surface area contributed by atoms with Crippen LogP contribution in [0.15, 0.2) is 35.1 Å². The number of benzene rings is 1. The van der Waals surface area contributed by atoms with Crippen LogP contribution in [-0.2, 0) is 11.3 Å². The van der Waals surface area contributed by atoms with E-state index in [-0.39, 0.29) is 11.7 Å². The first-order valence-corrected chi connectivity index (χ1v) is 5.39. The van der Waals surface area contributed by atoms with Gasteiger partial charge in [-0.05, 0) is 31.4 Å². The van der Waals surface area contributed by atoms with Gasteiger partial charge in [0, 0.05) is 11.1 Å². The van der Waals surface area contributed by atoms with E-state index in [9.17, 15) is 4.79 Å². The first-order chi connectivity index (χ1) is 7.66. The van der Waals surface area contributed by atoms with E-state index >= 15 is 0 Å². The SMILES string of the molecule is CC(C)OCc1cc2ccccc2[nH]c1=O. The smallest absolute Gasteiger partial charge is 0.253 e. The molecule has 0 amide bonds. The zero-order valence-electron chi connectivity index (χ0n) is 9.49. The number of fused-ring (bicyclic) bond motifs is 1. The van der Waals surface area contributed by atoms with E-state index in [0.29, 0.717) is 12.2 Å². The Morgan fingerprint density at radius 2 is 2.06 bits per heavy atom. The van der Waals surface area contributed by atoms with Crippen LogP contribution in [-0.4, -0.2) is 11.1 Å². The van der Waals surface area contributed by atoms with Gasteiger partial charge in [-0.3, -0.25) is 4.79 Å². The van der Waals surface area contributed by atoms with Crippen molar-refractivity contribution in [2.45, 2.75) is 26.6 Å². The zero-order chi connectivity index (χ0) is 11.5. The largest absolute Gasteiger partial charge is 0.374 e. The third-order valence-corrected chi connectivity index (χ3v) is 2.40. The minimum absolute atomic E-state index is 0.0700. The van der Waals surface area contributed by atoms with Crippen molar-refractivity contribution in [1.29, 1.82) is 0 Å². The Morgan fingerprint density at radius 1 is 1.31 bits per heavy atom. The molecule has 0 bridgehead atoms. The van der Waals surface area contributed by atoms with Crippen molar-refractivity contribution in [3.05, 3.63) is 46.2 Å². The molecular weight excluding hydrogens is 202 g/mol. The number of hydrogen-bond donors (Lipinski definition) is 1. The molecule has 1 aromatic carbocycles. The third-order valence-electron chi connectivity index (χ3n) is 2.40. The quantitative estimate of drug-likeness (QED) is 0.858. The molecule has 0 saturated carbocycles. The zero-order valence-corrected chi connectivity index (χ0v) is 9.49. The fraction of sp³-hybridized carbons (Fsp3) is 0.308. The molecule has 0 spiro atoms. The van der Waals surface area contributed by atoms with Crippen molar-refractivity contribution in [1.82, 2.24) is 4.98 Å². The second kappa shape index (κ2) is 4.49. The van der Waals surface area contributed by atoms with Crippen LogP contribution in [0.2, 0.25) is 0 Å². The van der Waals surface area contributed by atoms with Gasteiger partial charge in [-0.25, -0.2) is 0 Å². The van der Waals surface area contributed by atoms with Gasteiger partial charge in [0.05, 0.1) is 12.7 Å². The van der Waals surface area contributed by atoms with Crippen molar-refractivity contribution in [2.24, 2.45) is 0 Å². The summed E-state index contributed by atoms with van der Waals surface area (Å²) < 4.78 is 5.44. The molecule has 0 radical (unpaired) electrons. The molecule has 0 atom stereocenters. The fourth-order valence-electron chi connectivity index (χ4n) is 1.56. The van der Waals surface area contributed by atoms with Crippen molar-refractivity contribution in [3.8, 4) is 0 Å². The molecule has 2 aromatic rings. The maximum atomic E-state index is 11.7. The highest BCUT2D eigenvalue weighted by Gasteiger charge is 2.03. The predicted octanol–water partition coefficient (Wildman–Crippen LogP) is 2.45. The Balaban J connectivity index is 2.38. The van der Waals surface area contributed by atoms with Gasteiger partial charge in [0.1, 0.15) is 0 Å². The van der Waals surface area contributed by atoms with Crippen molar-refractivity contribution < 1.29 is 4.74 Å². The number of rotatable bonds is 3. The monoisotopic (exact) mass is 217 g/mol. The maximum absolute atomic E-state index is 11.7. The highest BCUT2D eigenvalue weighted by atomic mass is 16.5. The summed E-state index contributed by atoms with van der Waals surface area (Å²) in [4.78, 5) is 14.6. The molecule has 0 saturated heterocycles. The molecule has 0 aliphatic heterocycles. The Bertz CT molecular complexity index is 543. The highest BCUT2D eigenvalue weighted by Crippen LogP contribution is 2.10. The second-order valence-corrected chi connectivity index (χ2v) is 4.07. The van der Waals surface area contributed by atoms with Gasteiger partial charge in [-0.2, -0.15) is 0 Å². The summed E-state index contributed by atoms with van der Waals surface area (Å²) in [5.74, 6) is 0. The molecule has 0 unspecified atom stereocenters. The van der Waals surface area contributed by atoms with Crippen LogP contribution >= 0.6 is 0 Å². The Labute approximate surface area is 94.1 Å². The Kier molecular flexibility index (Phi) is 3.06. The van der Waals surface area contributed by atoms with E-state index in [1.54, 1.807) is 0 Å². The van der Waals surface area contributed by atoms with Gasteiger partial charge in [-0.15, -0.1) is 0 Å². The number of ether oxygens (including phenoxy) is 1. The van der Waals surface area contributed by atoms with Crippen LogP contribution < -0.4 is 5.56 Å². The van der Waals surface area contributed by atoms with Crippen molar-refractivity contribution in [2.75, 3.05) is 0 Å². The van der Waals surface area contributed by atoms with E-state index in [2.05, 4.69) is 4.98 Å². The van der Waals surface area contributed by atoms with Crippen molar-refractivity contribution in [3.63, 3.8) is 0 Å². The number of hydrogen-bond acceptors (Lipinski definition) is 2. The summed E-state index contributed by atoms with van der Waals surface area (Å²) in [7, 11) is 0. The second-order valence-electron chi connectivity index (χ2n) is 4.07. The van der Waals surface area contributed by atoms with Gasteiger partial charge >= 0.3 is 0 Å². The number of aromatic amines is 1. The summed E-state index contributed by atoms with van der Waals surface area (Å²) in [5.41, 5.74) is 1.47. The van der Waals surface area contributed by atoms with Gasteiger partial charge in [0.2, 0.25) is 0 Å². The van der Waals surface area contributed by atoms with Gasteiger partial charge < -0.3 is 9.72 Å². The van der Waals surface area contributed by atoms with Crippen LogP contribution in [0.1, 0.15) is 19.4 Å². The topological polar surface area (TPSA) is 42.1 Å². The lowest BCUT2D eigenvalue weighted by Crippen LogP contribution is -2.15. The minimum Gasteiger partial charge on any atom is -0.374 e.